The summed E-state index contributed by atoms with van der Waals surface area (Å²) < 4.78 is 5.24. The molecule has 0 bridgehead atoms. The first-order valence-corrected chi connectivity index (χ1v) is 5.17. The lowest BCUT2D eigenvalue weighted by Crippen LogP contribution is -2.42. The van der Waals surface area contributed by atoms with Crippen LogP contribution in [0, 0.1) is 22.7 Å². The van der Waals surface area contributed by atoms with Crippen molar-refractivity contribution in [1.29, 1.82) is 10.5 Å². The van der Waals surface area contributed by atoms with Crippen LogP contribution >= 0.6 is 0 Å². The maximum Gasteiger partial charge on any atom is 0.161 e. The van der Waals surface area contributed by atoms with Gasteiger partial charge in [-0.1, -0.05) is 0 Å². The molecule has 0 aliphatic carbocycles. The summed E-state index contributed by atoms with van der Waals surface area (Å²) in [6.45, 7) is 1.49. The van der Waals surface area contributed by atoms with Crippen molar-refractivity contribution in [2.24, 2.45) is 0 Å². The standard InChI is InChI=1S/C11H11N5O/c12-5-8-1-2-15-11(10(8)14)16-3-4-17-9(6-13)7-16/h1-2,9H,3-4,7,14H2. The Morgan fingerprint density at radius 1 is 1.53 bits per heavy atom. The van der Waals surface area contributed by atoms with Crippen LogP contribution in [0.25, 0.3) is 0 Å². The van der Waals surface area contributed by atoms with Crippen LogP contribution in [-0.4, -0.2) is 30.8 Å². The second-order valence-electron chi connectivity index (χ2n) is 3.64. The first-order valence-electron chi connectivity index (χ1n) is 5.17. The molecular weight excluding hydrogens is 218 g/mol. The lowest BCUT2D eigenvalue weighted by Gasteiger charge is -2.31. The van der Waals surface area contributed by atoms with E-state index in [1.807, 2.05) is 11.0 Å². The van der Waals surface area contributed by atoms with Gasteiger partial charge in [-0.05, 0) is 6.07 Å². The summed E-state index contributed by atoms with van der Waals surface area (Å²) in [5.74, 6) is 0.549. The number of morpholine rings is 1. The number of nitrogen functional groups attached to an aromatic ring is 1. The number of nitrogens with zero attached hydrogens (tertiary/aromatic N) is 4. The van der Waals surface area contributed by atoms with E-state index in [1.165, 1.54) is 0 Å². The van der Waals surface area contributed by atoms with Crippen LogP contribution in [-0.2, 0) is 4.74 Å². The van der Waals surface area contributed by atoms with E-state index in [4.69, 9.17) is 21.0 Å². The molecule has 1 aliphatic heterocycles. The predicted molar refractivity (Wildman–Crippen MR) is 60.9 cm³/mol. The number of pyridine rings is 1. The van der Waals surface area contributed by atoms with Gasteiger partial charge >= 0.3 is 0 Å². The van der Waals surface area contributed by atoms with Crippen molar-refractivity contribution >= 4 is 11.5 Å². The molecular formula is C11H11N5O. The van der Waals surface area contributed by atoms with Gasteiger partial charge in [0.1, 0.15) is 6.07 Å². The van der Waals surface area contributed by atoms with Gasteiger partial charge in [-0.3, -0.25) is 0 Å². The number of ether oxygens (including phenoxy) is 1. The number of hydrogen-bond donors (Lipinski definition) is 1. The van der Waals surface area contributed by atoms with Crippen LogP contribution in [0.2, 0.25) is 0 Å². The normalized spacial score (nSPS) is 19.4. The number of nitriles is 2. The molecule has 1 saturated heterocycles. The molecule has 1 fully saturated rings. The van der Waals surface area contributed by atoms with Gasteiger partial charge in [-0.2, -0.15) is 10.5 Å². The minimum absolute atomic E-state index is 0.355. The highest BCUT2D eigenvalue weighted by Gasteiger charge is 2.23. The quantitative estimate of drug-likeness (QED) is 0.741. The highest BCUT2D eigenvalue weighted by atomic mass is 16.5. The number of anilines is 2. The molecule has 1 aromatic rings. The van der Waals surface area contributed by atoms with Crippen LogP contribution in [0.15, 0.2) is 12.3 Å². The third-order valence-corrected chi connectivity index (χ3v) is 2.60. The van der Waals surface area contributed by atoms with Gasteiger partial charge in [0, 0.05) is 12.7 Å². The Kier molecular flexibility index (Phi) is 3.08. The molecule has 1 aliphatic rings. The Morgan fingerprint density at radius 2 is 2.35 bits per heavy atom. The third kappa shape index (κ3) is 2.12. The molecule has 0 spiro atoms. The second kappa shape index (κ2) is 4.69. The summed E-state index contributed by atoms with van der Waals surface area (Å²) in [7, 11) is 0. The fourth-order valence-corrected chi connectivity index (χ4v) is 1.73. The van der Waals surface area contributed by atoms with Gasteiger partial charge in [0.05, 0.1) is 30.5 Å². The summed E-state index contributed by atoms with van der Waals surface area (Å²) in [5, 5.41) is 17.7. The summed E-state index contributed by atoms with van der Waals surface area (Å²) >= 11 is 0. The Bertz CT molecular complexity index is 502. The second-order valence-corrected chi connectivity index (χ2v) is 3.64. The molecule has 2 heterocycles. The van der Waals surface area contributed by atoms with E-state index in [2.05, 4.69) is 11.1 Å². The minimum Gasteiger partial charge on any atom is -0.395 e. The van der Waals surface area contributed by atoms with Crippen molar-refractivity contribution in [3.05, 3.63) is 17.8 Å². The van der Waals surface area contributed by atoms with Gasteiger partial charge < -0.3 is 15.4 Å². The minimum atomic E-state index is -0.476. The van der Waals surface area contributed by atoms with E-state index in [1.54, 1.807) is 12.3 Å². The van der Waals surface area contributed by atoms with Crippen LogP contribution < -0.4 is 10.6 Å². The zero-order chi connectivity index (χ0) is 12.3. The molecule has 86 valence electrons. The smallest absolute Gasteiger partial charge is 0.161 e. The highest BCUT2D eigenvalue weighted by Crippen LogP contribution is 2.24. The lowest BCUT2D eigenvalue weighted by molar-refractivity contribution is 0.0762. The Morgan fingerprint density at radius 3 is 3.06 bits per heavy atom. The van der Waals surface area contributed by atoms with Crippen LogP contribution in [0.4, 0.5) is 11.5 Å². The molecule has 0 saturated carbocycles. The van der Waals surface area contributed by atoms with Gasteiger partial charge in [-0.25, -0.2) is 4.98 Å². The summed E-state index contributed by atoms with van der Waals surface area (Å²) in [6.07, 6.45) is 1.07. The van der Waals surface area contributed by atoms with E-state index < -0.39 is 6.10 Å². The number of nitrogens with two attached hydrogens (primary N) is 1. The SMILES string of the molecule is N#Cc1ccnc(N2CCOC(C#N)C2)c1N. The monoisotopic (exact) mass is 229 g/mol. The van der Waals surface area contributed by atoms with Gasteiger partial charge in [0.2, 0.25) is 0 Å². The number of aromatic nitrogens is 1. The molecule has 0 aromatic carbocycles. The molecule has 0 radical (unpaired) electrons. The predicted octanol–water partition coefficient (Wildman–Crippen LogP) is 0.264. The van der Waals surface area contributed by atoms with Crippen molar-refractivity contribution in [1.82, 2.24) is 4.98 Å². The summed E-state index contributed by atoms with van der Waals surface area (Å²) in [5.41, 5.74) is 6.61. The number of rotatable bonds is 1. The molecule has 6 heteroatoms. The molecule has 1 aromatic heterocycles. The van der Waals surface area contributed by atoms with Gasteiger partial charge in [0.15, 0.2) is 11.9 Å². The zero-order valence-corrected chi connectivity index (χ0v) is 9.13. The fraction of sp³-hybridized carbons (Fsp3) is 0.364. The summed E-state index contributed by atoms with van der Waals surface area (Å²) in [4.78, 5) is 6.03. The van der Waals surface area contributed by atoms with Crippen LogP contribution in [0.1, 0.15) is 5.56 Å². The molecule has 1 atom stereocenters. The molecule has 2 N–H and O–H groups in total. The van der Waals surface area contributed by atoms with Crippen LogP contribution in [0.3, 0.4) is 0 Å². The Balaban J connectivity index is 2.29. The molecule has 1 unspecified atom stereocenters. The largest absolute Gasteiger partial charge is 0.395 e. The average Bonchev–Trinajstić information content (AvgIpc) is 2.39. The Hall–Kier alpha value is -2.31. The molecule has 17 heavy (non-hydrogen) atoms. The van der Waals surface area contributed by atoms with E-state index >= 15 is 0 Å². The van der Waals surface area contributed by atoms with Gasteiger partial charge in [-0.15, -0.1) is 0 Å². The maximum atomic E-state index is 8.89. The first-order chi connectivity index (χ1) is 8.26. The van der Waals surface area contributed by atoms with Crippen molar-refractivity contribution < 1.29 is 4.74 Å². The van der Waals surface area contributed by atoms with E-state index in [9.17, 15) is 0 Å². The van der Waals surface area contributed by atoms with Crippen molar-refractivity contribution in [3.8, 4) is 12.1 Å². The maximum absolute atomic E-state index is 8.89. The van der Waals surface area contributed by atoms with Crippen molar-refractivity contribution in [2.75, 3.05) is 30.3 Å². The summed E-state index contributed by atoms with van der Waals surface area (Å²) in [6, 6.07) is 5.64. The fourth-order valence-electron chi connectivity index (χ4n) is 1.73. The van der Waals surface area contributed by atoms with E-state index in [0.717, 1.165) is 0 Å². The Labute approximate surface area is 98.8 Å². The topological polar surface area (TPSA) is 99.0 Å². The zero-order valence-electron chi connectivity index (χ0n) is 9.13. The molecule has 2 rings (SSSR count). The molecule has 0 amide bonds. The average molecular weight is 229 g/mol. The first kappa shape index (κ1) is 11.2. The van der Waals surface area contributed by atoms with Gasteiger partial charge in [0.25, 0.3) is 0 Å². The third-order valence-electron chi connectivity index (χ3n) is 2.60. The highest BCUT2D eigenvalue weighted by molar-refractivity contribution is 5.70. The van der Waals surface area contributed by atoms with Crippen LogP contribution in [0.5, 0.6) is 0 Å². The van der Waals surface area contributed by atoms with Crippen molar-refractivity contribution in [2.45, 2.75) is 6.10 Å². The molecule has 6 nitrogen and oxygen atoms in total. The number of hydrogen-bond acceptors (Lipinski definition) is 6. The van der Waals surface area contributed by atoms with E-state index in [0.29, 0.717) is 36.8 Å². The lowest BCUT2D eigenvalue weighted by atomic mass is 10.2. The van der Waals surface area contributed by atoms with Crippen molar-refractivity contribution in [3.63, 3.8) is 0 Å². The van der Waals surface area contributed by atoms with E-state index in [-0.39, 0.29) is 0 Å².